The number of nitrogens with one attached hydrogen (secondary N) is 5. The van der Waals surface area contributed by atoms with E-state index in [1.165, 1.54) is 12.3 Å². The monoisotopic (exact) mass is 813 g/mol. The number of nitrogens with zero attached hydrogens (tertiary/aromatic N) is 2. The van der Waals surface area contributed by atoms with E-state index in [0.717, 1.165) is 21.7 Å². The average molecular weight is 814 g/mol. The number of piperidine rings is 1. The number of aliphatic hydroxyl groups is 1. The van der Waals surface area contributed by atoms with Crippen molar-refractivity contribution < 1.29 is 43.3 Å². The van der Waals surface area contributed by atoms with Gasteiger partial charge in [-0.05, 0) is 61.2 Å². The standard InChI is InChI=1S/C44H43N7O9/c1-45-41(55)31-23-48-32-22-35(59-2)29(21-30(32)39(31)49-27-9-4-3-5-10-27)25-13-15-26(16-14-25)40(54)47-20-7-6-19-46-37(53)24-60-34-12-8-11-28-38(34)44(58)51(43(28)57)33-17-18-36(52)50-42(33)56/h3-5,8-16,21-23,33,43,57H,6-7,17-20,24H2,1-2H3,(H,45,55)(H,46,53)(H,47,54)(H,48,49)(H,50,52,56). The summed E-state index contributed by atoms with van der Waals surface area (Å²) in [6.07, 6.45) is 1.39. The quantitative estimate of drug-likeness (QED) is 0.0657. The van der Waals surface area contributed by atoms with Gasteiger partial charge in [0.15, 0.2) is 12.8 Å². The molecule has 5 aromatic rings. The second kappa shape index (κ2) is 18.1. The van der Waals surface area contributed by atoms with Crippen molar-refractivity contribution in [1.29, 1.82) is 0 Å². The van der Waals surface area contributed by atoms with Crippen LogP contribution in [0.1, 0.15) is 68.5 Å². The molecule has 60 heavy (non-hydrogen) atoms. The van der Waals surface area contributed by atoms with E-state index in [1.807, 2.05) is 54.6 Å². The molecule has 2 unspecified atom stereocenters. The van der Waals surface area contributed by atoms with Gasteiger partial charge in [-0.25, -0.2) is 0 Å². The lowest BCUT2D eigenvalue weighted by molar-refractivity contribution is -0.139. The first-order chi connectivity index (χ1) is 29.1. The summed E-state index contributed by atoms with van der Waals surface area (Å²) in [6, 6.07) is 23.9. The number of ether oxygens (including phenoxy) is 2. The van der Waals surface area contributed by atoms with E-state index in [0.29, 0.717) is 59.4 Å². The molecule has 4 aromatic carbocycles. The van der Waals surface area contributed by atoms with Gasteiger partial charge in [-0.15, -0.1) is 0 Å². The number of aliphatic hydroxyl groups excluding tert-OH is 1. The highest BCUT2D eigenvalue weighted by Gasteiger charge is 2.45. The first-order valence-electron chi connectivity index (χ1n) is 19.4. The topological polar surface area (TPSA) is 217 Å². The van der Waals surface area contributed by atoms with Crippen LogP contribution in [0.5, 0.6) is 11.5 Å². The molecule has 7 rings (SSSR count). The van der Waals surface area contributed by atoms with Gasteiger partial charge >= 0.3 is 0 Å². The van der Waals surface area contributed by atoms with Gasteiger partial charge < -0.3 is 35.8 Å². The number of carbonyl (C=O) groups excluding carboxylic acids is 6. The highest BCUT2D eigenvalue weighted by molar-refractivity contribution is 6.10. The molecular formula is C44H43N7O9. The number of methoxy groups -OCH3 is 1. The van der Waals surface area contributed by atoms with E-state index >= 15 is 0 Å². The third-order valence-corrected chi connectivity index (χ3v) is 10.3. The lowest BCUT2D eigenvalue weighted by Crippen LogP contribution is -2.53. The number of imide groups is 1. The minimum atomic E-state index is -1.41. The normalized spacial score (nSPS) is 15.8. The van der Waals surface area contributed by atoms with Crippen LogP contribution in [-0.4, -0.2) is 90.3 Å². The van der Waals surface area contributed by atoms with Crippen LogP contribution in [-0.2, 0) is 14.4 Å². The van der Waals surface area contributed by atoms with E-state index in [1.54, 1.807) is 38.4 Å². The van der Waals surface area contributed by atoms with Gasteiger partial charge in [0.25, 0.3) is 23.6 Å². The Balaban J connectivity index is 0.904. The van der Waals surface area contributed by atoms with Crippen molar-refractivity contribution in [2.75, 3.05) is 39.2 Å². The summed E-state index contributed by atoms with van der Waals surface area (Å²) in [5.41, 5.74) is 4.69. The molecule has 0 radical (unpaired) electrons. The molecule has 0 spiro atoms. The number of hydrogen-bond acceptors (Lipinski definition) is 11. The maximum absolute atomic E-state index is 13.3. The number of pyridine rings is 1. The average Bonchev–Trinajstić information content (AvgIpc) is 3.52. The molecule has 0 saturated carbocycles. The summed E-state index contributed by atoms with van der Waals surface area (Å²) >= 11 is 0. The fraction of sp³-hybridized carbons (Fsp3) is 0.250. The Kier molecular flexibility index (Phi) is 12.3. The Morgan fingerprint density at radius 2 is 1.65 bits per heavy atom. The van der Waals surface area contributed by atoms with Crippen LogP contribution in [0.15, 0.2) is 91.1 Å². The van der Waals surface area contributed by atoms with Crippen LogP contribution >= 0.6 is 0 Å². The van der Waals surface area contributed by atoms with E-state index in [4.69, 9.17) is 9.47 Å². The van der Waals surface area contributed by atoms with Crippen LogP contribution in [0.4, 0.5) is 11.4 Å². The van der Waals surface area contributed by atoms with Crippen molar-refractivity contribution in [2.45, 2.75) is 38.0 Å². The zero-order valence-corrected chi connectivity index (χ0v) is 32.9. The third-order valence-electron chi connectivity index (χ3n) is 10.3. The minimum absolute atomic E-state index is 0.0379. The Hall–Kier alpha value is -7.33. The van der Waals surface area contributed by atoms with E-state index in [9.17, 15) is 33.9 Å². The second-order valence-electron chi connectivity index (χ2n) is 14.1. The molecule has 0 bridgehead atoms. The molecule has 308 valence electrons. The number of para-hydroxylation sites is 1. The third kappa shape index (κ3) is 8.59. The molecule has 6 amide bonds. The first-order valence-corrected chi connectivity index (χ1v) is 19.4. The smallest absolute Gasteiger partial charge is 0.261 e. The van der Waals surface area contributed by atoms with Gasteiger partial charge in [-0.1, -0.05) is 42.5 Å². The number of carbonyl (C=O) groups is 6. The van der Waals surface area contributed by atoms with Gasteiger partial charge in [0.1, 0.15) is 17.5 Å². The zero-order chi connectivity index (χ0) is 42.3. The summed E-state index contributed by atoms with van der Waals surface area (Å²) in [7, 11) is 3.13. The molecule has 2 aliphatic heterocycles. The summed E-state index contributed by atoms with van der Waals surface area (Å²) < 4.78 is 11.4. The van der Waals surface area contributed by atoms with Crippen molar-refractivity contribution in [3.05, 3.63) is 113 Å². The van der Waals surface area contributed by atoms with Gasteiger partial charge in [0.2, 0.25) is 11.8 Å². The SMILES string of the molecule is CNC(=O)c1cnc2cc(OC)c(-c3ccc(C(=O)NCCCCNC(=O)COc4cccc5c4C(=O)N(C4CCC(=O)NC4=O)C5O)cc3)cc2c1Nc1ccccc1. The molecular weight excluding hydrogens is 771 g/mol. The van der Waals surface area contributed by atoms with Crippen molar-refractivity contribution in [1.82, 2.24) is 31.2 Å². The number of hydrogen-bond donors (Lipinski definition) is 6. The number of benzene rings is 4. The van der Waals surface area contributed by atoms with Crippen LogP contribution in [0.3, 0.4) is 0 Å². The summed E-state index contributed by atoms with van der Waals surface area (Å²) in [5.74, 6) is -2.05. The van der Waals surface area contributed by atoms with Crippen molar-refractivity contribution in [2.24, 2.45) is 0 Å². The fourth-order valence-electron chi connectivity index (χ4n) is 7.26. The first kappa shape index (κ1) is 40.9. The van der Waals surface area contributed by atoms with Crippen LogP contribution in [0.25, 0.3) is 22.0 Å². The number of aromatic nitrogens is 1. The molecule has 3 heterocycles. The van der Waals surface area contributed by atoms with Gasteiger partial charge in [-0.3, -0.25) is 44.0 Å². The lowest BCUT2D eigenvalue weighted by atomic mass is 9.98. The fourth-order valence-corrected chi connectivity index (χ4v) is 7.26. The molecule has 2 aliphatic rings. The largest absolute Gasteiger partial charge is 0.496 e. The van der Waals surface area contributed by atoms with Crippen LogP contribution < -0.4 is 36.1 Å². The van der Waals surface area contributed by atoms with E-state index in [2.05, 4.69) is 31.6 Å². The van der Waals surface area contributed by atoms with Gasteiger partial charge in [0, 0.05) is 66.6 Å². The molecule has 16 heteroatoms. The van der Waals surface area contributed by atoms with E-state index < -0.39 is 42.5 Å². The van der Waals surface area contributed by atoms with Crippen LogP contribution in [0.2, 0.25) is 0 Å². The van der Waals surface area contributed by atoms with Crippen molar-refractivity contribution in [3.8, 4) is 22.6 Å². The van der Waals surface area contributed by atoms with Gasteiger partial charge in [0.05, 0.1) is 29.4 Å². The van der Waals surface area contributed by atoms with Crippen molar-refractivity contribution >= 4 is 57.7 Å². The van der Waals surface area contributed by atoms with E-state index in [-0.39, 0.29) is 41.5 Å². The Morgan fingerprint density at radius 3 is 2.37 bits per heavy atom. The number of anilines is 2. The molecule has 0 aliphatic carbocycles. The maximum Gasteiger partial charge on any atom is 0.261 e. The molecule has 2 atom stereocenters. The van der Waals surface area contributed by atoms with Crippen molar-refractivity contribution in [3.63, 3.8) is 0 Å². The number of unbranched alkanes of at least 4 members (excludes halogenated alkanes) is 1. The summed E-state index contributed by atoms with van der Waals surface area (Å²) in [6.45, 7) is 0.292. The zero-order valence-electron chi connectivity index (χ0n) is 32.9. The predicted octanol–water partition coefficient (Wildman–Crippen LogP) is 3.97. The number of fused-ring (bicyclic) bond motifs is 2. The molecule has 6 N–H and O–H groups in total. The Morgan fingerprint density at radius 1 is 0.900 bits per heavy atom. The highest BCUT2D eigenvalue weighted by Crippen LogP contribution is 2.40. The second-order valence-corrected chi connectivity index (χ2v) is 14.1. The Bertz CT molecular complexity index is 2480. The summed E-state index contributed by atoms with van der Waals surface area (Å²) in [5, 5.41) is 25.5. The maximum atomic E-state index is 13.3. The lowest BCUT2D eigenvalue weighted by Gasteiger charge is -2.31. The molecule has 1 fully saturated rings. The Labute approximate surface area is 344 Å². The highest BCUT2D eigenvalue weighted by atomic mass is 16.5. The van der Waals surface area contributed by atoms with Crippen LogP contribution in [0, 0.1) is 0 Å². The summed E-state index contributed by atoms with van der Waals surface area (Å²) in [4.78, 5) is 81.4. The minimum Gasteiger partial charge on any atom is -0.496 e. The number of rotatable bonds is 15. The van der Waals surface area contributed by atoms with Gasteiger partial charge in [-0.2, -0.15) is 0 Å². The molecule has 1 saturated heterocycles. The predicted molar refractivity (Wildman–Crippen MR) is 221 cm³/mol. The molecule has 1 aromatic heterocycles. The molecule has 16 nitrogen and oxygen atoms in total. The number of amides is 6.